The normalized spacial score (nSPS) is 22.8. The molecule has 9 N–H and O–H groups in total. The SMILES string of the molecule is CCCCCCCCCCCCCCCCCCCCCCCC(O)CC(=O)NC(COP(=O)(O)OC1C(O)C(O)C(O)C(O)C1O)C(O)CCCCCCCCCCCCCC. The van der Waals surface area contributed by atoms with E-state index in [1.165, 1.54) is 154 Å². The topological polar surface area (TPSA) is 226 Å². The summed E-state index contributed by atoms with van der Waals surface area (Å²) in [6, 6.07) is -1.15. The maximum Gasteiger partial charge on any atom is 0.472 e. The van der Waals surface area contributed by atoms with Crippen LogP contribution in [-0.2, 0) is 18.4 Å². The van der Waals surface area contributed by atoms with E-state index in [1.54, 1.807) is 0 Å². The molecular weight excluding hydrogens is 826 g/mol. The number of phosphoric acid groups is 1. The van der Waals surface area contributed by atoms with Crippen molar-refractivity contribution in [2.24, 2.45) is 0 Å². The largest absolute Gasteiger partial charge is 0.472 e. The highest BCUT2D eigenvalue weighted by Crippen LogP contribution is 2.47. The predicted octanol–water partition coefficient (Wildman–Crippen LogP) is 9.60. The van der Waals surface area contributed by atoms with E-state index in [1.807, 2.05) is 0 Å². The van der Waals surface area contributed by atoms with Crippen LogP contribution in [-0.4, -0.2) is 108 Å². The summed E-state index contributed by atoms with van der Waals surface area (Å²) in [4.78, 5) is 23.5. The van der Waals surface area contributed by atoms with Crippen molar-refractivity contribution in [3.63, 3.8) is 0 Å². The van der Waals surface area contributed by atoms with Gasteiger partial charge in [0.05, 0.1) is 31.3 Å². The van der Waals surface area contributed by atoms with Gasteiger partial charge in [0.15, 0.2) is 0 Å². The number of rotatable bonds is 44. The minimum atomic E-state index is -5.11. The van der Waals surface area contributed by atoms with E-state index in [4.69, 9.17) is 9.05 Å². The molecule has 0 aromatic carbocycles. The molecule has 0 aromatic heterocycles. The maximum absolute atomic E-state index is 13.0. The molecule has 0 aliphatic heterocycles. The van der Waals surface area contributed by atoms with E-state index >= 15 is 0 Å². The van der Waals surface area contributed by atoms with Crippen molar-refractivity contribution in [1.29, 1.82) is 0 Å². The number of hydrogen-bond donors (Lipinski definition) is 9. The van der Waals surface area contributed by atoms with Crippen molar-refractivity contribution in [3.8, 4) is 0 Å². The summed E-state index contributed by atoms with van der Waals surface area (Å²) in [5.74, 6) is -0.555. The fraction of sp³-hybridized carbons (Fsp3) is 0.980. The molecule has 0 aromatic rings. The van der Waals surface area contributed by atoms with Crippen molar-refractivity contribution in [2.75, 3.05) is 6.61 Å². The van der Waals surface area contributed by atoms with Crippen LogP contribution in [0.4, 0.5) is 0 Å². The number of hydrogen-bond acceptors (Lipinski definition) is 11. The summed E-state index contributed by atoms with van der Waals surface area (Å²) in [5, 5.41) is 74.7. The second kappa shape index (κ2) is 39.3. The number of carbonyl (C=O) groups excluding carboxylic acids is 1. The summed E-state index contributed by atoms with van der Waals surface area (Å²) in [5.41, 5.74) is 0. The minimum Gasteiger partial charge on any atom is -0.393 e. The van der Waals surface area contributed by atoms with Gasteiger partial charge in [-0.05, 0) is 12.8 Å². The first-order valence-corrected chi connectivity index (χ1v) is 27.6. The first kappa shape index (κ1) is 60.3. The molecule has 1 fully saturated rings. The lowest BCUT2D eigenvalue weighted by Gasteiger charge is -2.41. The van der Waals surface area contributed by atoms with Crippen LogP contribution in [0.3, 0.4) is 0 Å². The smallest absolute Gasteiger partial charge is 0.393 e. The fourth-order valence-electron chi connectivity index (χ4n) is 8.72. The van der Waals surface area contributed by atoms with E-state index in [-0.39, 0.29) is 12.8 Å². The molecule has 8 unspecified atom stereocenters. The van der Waals surface area contributed by atoms with E-state index in [2.05, 4.69) is 19.2 Å². The number of aliphatic hydroxyl groups excluding tert-OH is 7. The first-order valence-electron chi connectivity index (χ1n) is 26.1. The van der Waals surface area contributed by atoms with Gasteiger partial charge in [-0.2, -0.15) is 0 Å². The van der Waals surface area contributed by atoms with E-state index in [0.717, 1.165) is 51.4 Å². The van der Waals surface area contributed by atoms with Crippen LogP contribution in [0.2, 0.25) is 0 Å². The Hall–Kier alpha value is -0.700. The maximum atomic E-state index is 13.0. The molecule has 1 aliphatic rings. The van der Waals surface area contributed by atoms with Crippen LogP contribution in [0.25, 0.3) is 0 Å². The summed E-state index contributed by atoms with van der Waals surface area (Å²) >= 11 is 0. The molecule has 376 valence electrons. The molecule has 1 rings (SSSR count). The lowest BCUT2D eigenvalue weighted by Crippen LogP contribution is -2.64. The van der Waals surface area contributed by atoms with Crippen molar-refractivity contribution in [2.45, 2.75) is 300 Å². The Balaban J connectivity index is 2.38. The molecule has 0 radical (unpaired) electrons. The van der Waals surface area contributed by atoms with Crippen LogP contribution < -0.4 is 5.32 Å². The van der Waals surface area contributed by atoms with Gasteiger partial charge in [-0.25, -0.2) is 4.57 Å². The number of amides is 1. The Morgan fingerprint density at radius 1 is 0.492 bits per heavy atom. The number of nitrogens with one attached hydrogen (secondary N) is 1. The monoisotopic (exact) mass is 924 g/mol. The van der Waals surface area contributed by atoms with Gasteiger partial charge in [0.2, 0.25) is 5.91 Å². The third-order valence-electron chi connectivity index (χ3n) is 13.0. The lowest BCUT2D eigenvalue weighted by molar-refractivity contribution is -0.220. The zero-order valence-electron chi connectivity index (χ0n) is 40.0. The molecule has 63 heavy (non-hydrogen) atoms. The molecule has 0 spiro atoms. The summed E-state index contributed by atoms with van der Waals surface area (Å²) in [6.07, 6.45) is 27.3. The average Bonchev–Trinajstić information content (AvgIpc) is 3.26. The molecule has 1 amide bonds. The Bertz CT molecular complexity index is 1090. The van der Waals surface area contributed by atoms with Crippen LogP contribution >= 0.6 is 7.82 Å². The zero-order valence-corrected chi connectivity index (χ0v) is 40.9. The second-order valence-electron chi connectivity index (χ2n) is 18.9. The number of aliphatic hydroxyl groups is 7. The number of carbonyl (C=O) groups is 1. The van der Waals surface area contributed by atoms with Crippen LogP contribution in [0.1, 0.15) is 245 Å². The molecule has 8 atom stereocenters. The molecule has 0 saturated heterocycles. The Kier molecular flexibility index (Phi) is 37.6. The van der Waals surface area contributed by atoms with Gasteiger partial charge < -0.3 is 46.0 Å². The first-order chi connectivity index (χ1) is 30.3. The summed E-state index contributed by atoms with van der Waals surface area (Å²) in [7, 11) is -5.11. The van der Waals surface area contributed by atoms with Gasteiger partial charge >= 0.3 is 7.82 Å². The van der Waals surface area contributed by atoms with Gasteiger partial charge in [-0.15, -0.1) is 0 Å². The quantitative estimate of drug-likeness (QED) is 0.0206. The van der Waals surface area contributed by atoms with Crippen LogP contribution in [0, 0.1) is 0 Å². The van der Waals surface area contributed by atoms with Gasteiger partial charge in [-0.1, -0.05) is 226 Å². The molecule has 0 bridgehead atoms. The van der Waals surface area contributed by atoms with Crippen molar-refractivity contribution in [1.82, 2.24) is 5.32 Å². The Morgan fingerprint density at radius 2 is 0.794 bits per heavy atom. The predicted molar refractivity (Wildman–Crippen MR) is 252 cm³/mol. The second-order valence-corrected chi connectivity index (χ2v) is 20.3. The van der Waals surface area contributed by atoms with Crippen LogP contribution in [0.5, 0.6) is 0 Å². The number of phosphoric ester groups is 1. The standard InChI is InChI=1S/C49H98NO12P/c1-3-5-7-9-11-13-15-17-18-19-20-21-22-23-24-25-26-28-30-32-34-36-40(51)38-43(53)50-41(42(52)37-35-33-31-29-27-16-14-12-10-8-6-4-2)39-61-63(59,60)62-49-47(57)45(55)44(54)46(56)48(49)58/h40-42,44-49,51-52,54-58H,3-39H2,1-2H3,(H,50,53)(H,59,60). The third-order valence-corrected chi connectivity index (χ3v) is 14.0. The molecule has 14 heteroatoms. The molecule has 1 saturated carbocycles. The third kappa shape index (κ3) is 31.1. The minimum absolute atomic E-state index is 0.215. The summed E-state index contributed by atoms with van der Waals surface area (Å²) in [6.45, 7) is 3.81. The van der Waals surface area contributed by atoms with Crippen LogP contribution in [0.15, 0.2) is 0 Å². The number of unbranched alkanes of at least 4 members (excludes halogenated alkanes) is 31. The fourth-order valence-corrected chi connectivity index (χ4v) is 9.69. The average molecular weight is 924 g/mol. The van der Waals surface area contributed by atoms with Gasteiger partial charge in [0, 0.05) is 0 Å². The van der Waals surface area contributed by atoms with Gasteiger partial charge in [0.1, 0.15) is 36.6 Å². The molecule has 13 nitrogen and oxygen atoms in total. The Morgan fingerprint density at radius 3 is 1.14 bits per heavy atom. The van der Waals surface area contributed by atoms with E-state index in [0.29, 0.717) is 12.8 Å². The summed E-state index contributed by atoms with van der Waals surface area (Å²) < 4.78 is 23.0. The highest BCUT2D eigenvalue weighted by Gasteiger charge is 2.51. The Labute approximate surface area is 383 Å². The van der Waals surface area contributed by atoms with Crippen molar-refractivity contribution < 1.29 is 59.0 Å². The van der Waals surface area contributed by atoms with Crippen molar-refractivity contribution >= 4 is 13.7 Å². The molecule has 0 heterocycles. The molecular formula is C49H98NO12P. The zero-order chi connectivity index (χ0) is 46.6. The highest BCUT2D eigenvalue weighted by atomic mass is 31.2. The van der Waals surface area contributed by atoms with Gasteiger partial charge in [0.25, 0.3) is 0 Å². The van der Waals surface area contributed by atoms with Crippen molar-refractivity contribution in [3.05, 3.63) is 0 Å². The highest BCUT2D eigenvalue weighted by molar-refractivity contribution is 7.47. The lowest BCUT2D eigenvalue weighted by atomic mass is 9.85. The van der Waals surface area contributed by atoms with E-state index < -0.39 is 75.2 Å². The van der Waals surface area contributed by atoms with Gasteiger partial charge in [-0.3, -0.25) is 13.8 Å². The van der Waals surface area contributed by atoms with E-state index in [9.17, 15) is 50.0 Å². The molecule has 1 aliphatic carbocycles.